The lowest BCUT2D eigenvalue weighted by molar-refractivity contribution is -0.117. The van der Waals surface area contributed by atoms with E-state index in [1.165, 1.54) is 0 Å². The lowest BCUT2D eigenvalue weighted by Crippen LogP contribution is -2.24. The van der Waals surface area contributed by atoms with E-state index in [2.05, 4.69) is 5.32 Å². The number of amides is 2. The van der Waals surface area contributed by atoms with Crippen LogP contribution in [0.25, 0.3) is 0 Å². The van der Waals surface area contributed by atoms with Crippen molar-refractivity contribution in [3.05, 3.63) is 53.1 Å². The maximum atomic E-state index is 12.9. The molecule has 4 rings (SSSR count). The van der Waals surface area contributed by atoms with Gasteiger partial charge < -0.3 is 15.0 Å². The number of halogens is 1. The van der Waals surface area contributed by atoms with E-state index in [0.717, 1.165) is 36.5 Å². The summed E-state index contributed by atoms with van der Waals surface area (Å²) in [6, 6.07) is 12.9. The van der Waals surface area contributed by atoms with Crippen LogP contribution in [0.2, 0.25) is 5.02 Å². The summed E-state index contributed by atoms with van der Waals surface area (Å²) in [5, 5.41) is 3.38. The van der Waals surface area contributed by atoms with E-state index < -0.39 is 0 Å². The van der Waals surface area contributed by atoms with E-state index >= 15 is 0 Å². The minimum atomic E-state index is -0.179. The minimum absolute atomic E-state index is 0.0841. The monoisotopic (exact) mass is 430 g/mol. The molecule has 152 valence electrons. The number of thioether (sulfide) groups is 1. The molecule has 0 spiro atoms. The zero-order valence-electron chi connectivity index (χ0n) is 16.0. The quantitative estimate of drug-likeness (QED) is 0.656. The molecule has 5 nitrogen and oxygen atoms in total. The predicted molar refractivity (Wildman–Crippen MR) is 117 cm³/mol. The maximum absolute atomic E-state index is 12.9. The highest BCUT2D eigenvalue weighted by Gasteiger charge is 2.24. The van der Waals surface area contributed by atoms with Gasteiger partial charge in [0, 0.05) is 35.9 Å². The van der Waals surface area contributed by atoms with Crippen LogP contribution >= 0.6 is 23.4 Å². The second-order valence-electron chi connectivity index (χ2n) is 7.21. The summed E-state index contributed by atoms with van der Waals surface area (Å²) < 4.78 is 5.68. The van der Waals surface area contributed by atoms with Crippen molar-refractivity contribution in [1.29, 1.82) is 0 Å². The number of anilines is 2. The Morgan fingerprint density at radius 1 is 1.24 bits per heavy atom. The number of hydrogen-bond donors (Lipinski definition) is 1. The van der Waals surface area contributed by atoms with Gasteiger partial charge in [-0.25, -0.2) is 0 Å². The van der Waals surface area contributed by atoms with Gasteiger partial charge in [0.1, 0.15) is 0 Å². The number of benzene rings is 2. The van der Waals surface area contributed by atoms with E-state index in [1.807, 2.05) is 24.3 Å². The Hall–Kier alpha value is -2.02. The van der Waals surface area contributed by atoms with Crippen molar-refractivity contribution in [2.75, 3.05) is 29.1 Å². The van der Waals surface area contributed by atoms with E-state index in [1.54, 1.807) is 34.9 Å². The fourth-order valence-corrected chi connectivity index (χ4v) is 5.05. The van der Waals surface area contributed by atoms with Crippen molar-refractivity contribution in [2.24, 2.45) is 0 Å². The predicted octanol–water partition coefficient (Wildman–Crippen LogP) is 4.99. The fraction of sp³-hybridized carbons (Fsp3) is 0.364. The molecule has 0 bridgehead atoms. The number of carbonyl (C=O) groups is 2. The van der Waals surface area contributed by atoms with Crippen molar-refractivity contribution < 1.29 is 14.3 Å². The summed E-state index contributed by atoms with van der Waals surface area (Å²) in [5.74, 6) is 0.747. The number of hydrogen-bond acceptors (Lipinski definition) is 4. The maximum Gasteiger partial charge on any atom is 0.256 e. The van der Waals surface area contributed by atoms with Crippen LogP contribution in [0.4, 0.5) is 11.4 Å². The molecule has 1 unspecified atom stereocenters. The second-order valence-corrected chi connectivity index (χ2v) is 8.68. The molecule has 7 heteroatoms. The number of nitrogens with zero attached hydrogens (tertiary/aromatic N) is 1. The van der Waals surface area contributed by atoms with Gasteiger partial charge in [-0.15, -0.1) is 11.8 Å². The number of carbonyl (C=O) groups excluding carboxylic acids is 2. The van der Waals surface area contributed by atoms with E-state index in [9.17, 15) is 9.59 Å². The third-order valence-corrected chi connectivity index (χ3v) is 6.66. The molecule has 2 fully saturated rings. The Balaban J connectivity index is 1.45. The first-order chi connectivity index (χ1) is 14.1. The van der Waals surface area contributed by atoms with E-state index in [-0.39, 0.29) is 17.9 Å². The van der Waals surface area contributed by atoms with Crippen LogP contribution in [0.1, 0.15) is 36.0 Å². The normalized spacial score (nSPS) is 19.0. The number of ether oxygens (including phenoxy) is 1. The number of nitrogens with one attached hydrogen (secondary N) is 1. The lowest BCUT2D eigenvalue weighted by atomic mass is 10.2. The van der Waals surface area contributed by atoms with E-state index in [4.69, 9.17) is 16.3 Å². The van der Waals surface area contributed by atoms with Gasteiger partial charge in [-0.2, -0.15) is 0 Å². The molecule has 0 aliphatic carbocycles. The van der Waals surface area contributed by atoms with Gasteiger partial charge in [0.2, 0.25) is 5.91 Å². The molecule has 2 aliphatic rings. The van der Waals surface area contributed by atoms with Crippen molar-refractivity contribution in [1.82, 2.24) is 0 Å². The second kappa shape index (κ2) is 9.20. The SMILES string of the molecule is O=C(Nc1ccc(N2CCCC2=O)c(Cl)c1)c1ccccc1SCC1CCCO1. The lowest BCUT2D eigenvalue weighted by Gasteiger charge is -2.18. The summed E-state index contributed by atoms with van der Waals surface area (Å²) in [4.78, 5) is 27.5. The Kier molecular flexibility index (Phi) is 6.43. The number of rotatable bonds is 6. The molecule has 0 saturated carbocycles. The largest absolute Gasteiger partial charge is 0.377 e. The standard InChI is InChI=1S/C22H23ClN2O3S/c23-18-13-15(9-10-19(18)25-11-3-8-21(25)26)24-22(27)17-6-1-2-7-20(17)29-14-16-5-4-12-28-16/h1-2,6-7,9-10,13,16H,3-5,8,11-12,14H2,(H,24,27). The first-order valence-electron chi connectivity index (χ1n) is 9.86. The summed E-state index contributed by atoms with van der Waals surface area (Å²) in [6.07, 6.45) is 3.83. The highest BCUT2D eigenvalue weighted by Crippen LogP contribution is 2.32. The molecule has 1 N–H and O–H groups in total. The minimum Gasteiger partial charge on any atom is -0.377 e. The summed E-state index contributed by atoms with van der Waals surface area (Å²) in [7, 11) is 0. The topological polar surface area (TPSA) is 58.6 Å². The third-order valence-electron chi connectivity index (χ3n) is 5.15. The molecular weight excluding hydrogens is 408 g/mol. The van der Waals surface area contributed by atoms with Gasteiger partial charge >= 0.3 is 0 Å². The zero-order valence-corrected chi connectivity index (χ0v) is 17.6. The van der Waals surface area contributed by atoms with Gasteiger partial charge in [-0.05, 0) is 49.6 Å². The molecule has 2 saturated heterocycles. The average molecular weight is 431 g/mol. The Morgan fingerprint density at radius 3 is 2.83 bits per heavy atom. The first kappa shape index (κ1) is 20.3. The van der Waals surface area contributed by atoms with Crippen molar-refractivity contribution >= 4 is 46.6 Å². The molecule has 0 radical (unpaired) electrons. The van der Waals surface area contributed by atoms with Crippen LogP contribution in [0, 0.1) is 0 Å². The van der Waals surface area contributed by atoms with E-state index in [0.29, 0.717) is 34.9 Å². The first-order valence-corrected chi connectivity index (χ1v) is 11.2. The van der Waals surface area contributed by atoms with Gasteiger partial charge in [0.25, 0.3) is 5.91 Å². The van der Waals surface area contributed by atoms with Gasteiger partial charge in [-0.3, -0.25) is 9.59 Å². The van der Waals surface area contributed by atoms with Crippen LogP contribution in [0.5, 0.6) is 0 Å². The van der Waals surface area contributed by atoms with Crippen LogP contribution in [-0.2, 0) is 9.53 Å². The Morgan fingerprint density at radius 2 is 2.10 bits per heavy atom. The van der Waals surface area contributed by atoms with Crippen LogP contribution < -0.4 is 10.2 Å². The molecule has 0 aromatic heterocycles. The highest BCUT2D eigenvalue weighted by molar-refractivity contribution is 7.99. The summed E-state index contributed by atoms with van der Waals surface area (Å²) >= 11 is 8.04. The highest BCUT2D eigenvalue weighted by atomic mass is 35.5. The smallest absolute Gasteiger partial charge is 0.256 e. The summed E-state index contributed by atoms with van der Waals surface area (Å²) in [6.45, 7) is 1.51. The van der Waals surface area contributed by atoms with Crippen molar-refractivity contribution in [2.45, 2.75) is 36.7 Å². The van der Waals surface area contributed by atoms with Crippen LogP contribution in [0.15, 0.2) is 47.4 Å². The van der Waals surface area contributed by atoms with Crippen LogP contribution in [-0.4, -0.2) is 36.8 Å². The molecule has 2 amide bonds. The summed E-state index contributed by atoms with van der Waals surface area (Å²) in [5.41, 5.74) is 1.93. The molecule has 29 heavy (non-hydrogen) atoms. The molecule has 2 heterocycles. The van der Waals surface area contributed by atoms with Gasteiger partial charge in [-0.1, -0.05) is 23.7 Å². The van der Waals surface area contributed by atoms with Crippen molar-refractivity contribution in [3.8, 4) is 0 Å². The Labute approximate surface area is 179 Å². The van der Waals surface area contributed by atoms with Gasteiger partial charge in [0.15, 0.2) is 0 Å². The molecular formula is C22H23ClN2O3S. The molecule has 1 atom stereocenters. The van der Waals surface area contributed by atoms with Crippen molar-refractivity contribution in [3.63, 3.8) is 0 Å². The van der Waals surface area contributed by atoms with Crippen LogP contribution in [0.3, 0.4) is 0 Å². The van der Waals surface area contributed by atoms with Gasteiger partial charge in [0.05, 0.1) is 22.4 Å². The molecule has 2 aromatic carbocycles. The molecule has 2 aliphatic heterocycles. The average Bonchev–Trinajstić information content (AvgIpc) is 3.38. The molecule has 2 aromatic rings. The fourth-order valence-electron chi connectivity index (χ4n) is 3.64. The zero-order chi connectivity index (χ0) is 20.2. The third kappa shape index (κ3) is 4.77. The Bertz CT molecular complexity index is 915.